The number of aryl methyl sites for hydroxylation is 1. The lowest BCUT2D eigenvalue weighted by molar-refractivity contribution is 0.00612. The highest BCUT2D eigenvalue weighted by atomic mass is 16.5. The normalized spacial score (nSPS) is 16.4. The van der Waals surface area contributed by atoms with E-state index in [9.17, 15) is 5.11 Å². The van der Waals surface area contributed by atoms with Crippen LogP contribution < -0.4 is 15.0 Å². The van der Waals surface area contributed by atoms with E-state index in [4.69, 9.17) is 19.4 Å². The Bertz CT molecular complexity index is 1560. The number of rotatable bonds is 10. The molecule has 0 bridgehead atoms. The van der Waals surface area contributed by atoms with Crippen LogP contribution in [-0.4, -0.2) is 65.4 Å². The van der Waals surface area contributed by atoms with E-state index in [1.165, 1.54) is 4.80 Å². The average molecular weight is 571 g/mol. The van der Waals surface area contributed by atoms with E-state index in [1.54, 1.807) is 12.2 Å². The van der Waals surface area contributed by atoms with Crippen LogP contribution in [0.3, 0.4) is 0 Å². The third-order valence-corrected chi connectivity index (χ3v) is 7.23. The summed E-state index contributed by atoms with van der Waals surface area (Å²) in [5, 5.41) is 23.6. The molecule has 3 heterocycles. The van der Waals surface area contributed by atoms with Crippen molar-refractivity contribution in [3.05, 3.63) is 67.3 Å². The topological polar surface area (TPSA) is 123 Å². The van der Waals surface area contributed by atoms with Gasteiger partial charge >= 0.3 is 6.01 Å². The molecule has 0 spiro atoms. The molecule has 1 saturated heterocycles. The number of anilines is 3. The molecule has 0 atom stereocenters. The number of aromatic nitrogens is 6. The molecular weight excluding hydrogens is 532 g/mol. The zero-order valence-corrected chi connectivity index (χ0v) is 24.8. The number of phenols is 1. The molecule has 1 aliphatic rings. The Kier molecular flexibility index (Phi) is 7.87. The molecule has 2 N–H and O–H groups in total. The Labute approximate surface area is 245 Å². The largest absolute Gasteiger partial charge is 0.504 e. The molecule has 11 nitrogen and oxygen atoms in total. The van der Waals surface area contributed by atoms with Crippen LogP contribution >= 0.6 is 0 Å². The Hall–Kier alpha value is -4.51. The first-order valence-electron chi connectivity index (χ1n) is 14.0. The maximum atomic E-state index is 11.3. The van der Waals surface area contributed by atoms with Gasteiger partial charge in [-0.2, -0.15) is 15.0 Å². The maximum Gasteiger partial charge on any atom is 0.323 e. The molecule has 0 unspecified atom stereocenters. The third-order valence-electron chi connectivity index (χ3n) is 7.23. The second kappa shape index (κ2) is 11.4. The van der Waals surface area contributed by atoms with Crippen molar-refractivity contribution in [3.8, 4) is 17.4 Å². The van der Waals surface area contributed by atoms with Crippen molar-refractivity contribution in [2.24, 2.45) is 0 Å². The van der Waals surface area contributed by atoms with Crippen molar-refractivity contribution < 1.29 is 14.6 Å². The van der Waals surface area contributed by atoms with Crippen molar-refractivity contribution in [1.29, 1.82) is 0 Å². The van der Waals surface area contributed by atoms with E-state index >= 15 is 0 Å². The molecule has 42 heavy (non-hydrogen) atoms. The number of hydrogen-bond donors (Lipinski definition) is 2. The zero-order chi connectivity index (χ0) is 30.1. The Morgan fingerprint density at radius 2 is 1.62 bits per heavy atom. The number of nitrogens with one attached hydrogen (secondary N) is 1. The predicted molar refractivity (Wildman–Crippen MR) is 164 cm³/mol. The van der Waals surface area contributed by atoms with Crippen LogP contribution in [0, 0.1) is 6.92 Å². The standard InChI is InChI=1S/C31H38N8O3/c1-8-14-41-21-18-30(4,5)38(31(6,7)19-21)28-33-27(34-29(35-28)42-15-9-2)32-24-16-20(3)17-25(26(24)40)39-36-22-12-10-11-13-23(22)37-39/h8-13,16-17,21,40H,1-2,14-15,18-19H2,3-7H3,(H,32,33,34,35). The molecule has 4 aromatic rings. The summed E-state index contributed by atoms with van der Waals surface area (Å²) in [6.45, 7) is 18.8. The summed E-state index contributed by atoms with van der Waals surface area (Å²) < 4.78 is 11.9. The van der Waals surface area contributed by atoms with E-state index in [0.29, 0.717) is 23.9 Å². The first-order chi connectivity index (χ1) is 20.0. The first kappa shape index (κ1) is 29.0. The fraction of sp³-hybridized carbons (Fsp3) is 0.387. The van der Waals surface area contributed by atoms with Gasteiger partial charge in [0, 0.05) is 11.1 Å². The van der Waals surface area contributed by atoms with Crippen LogP contribution in [0.5, 0.6) is 11.8 Å². The molecule has 0 amide bonds. The van der Waals surface area contributed by atoms with Crippen LogP contribution in [0.25, 0.3) is 16.7 Å². The lowest BCUT2D eigenvalue weighted by Crippen LogP contribution is -2.63. The number of fused-ring (bicyclic) bond motifs is 1. The molecule has 1 fully saturated rings. The van der Waals surface area contributed by atoms with Gasteiger partial charge in [-0.3, -0.25) is 0 Å². The van der Waals surface area contributed by atoms with Gasteiger partial charge in [-0.1, -0.05) is 30.9 Å². The van der Waals surface area contributed by atoms with Crippen molar-refractivity contribution in [3.63, 3.8) is 0 Å². The van der Waals surface area contributed by atoms with Gasteiger partial charge < -0.3 is 24.8 Å². The summed E-state index contributed by atoms with van der Waals surface area (Å²) in [7, 11) is 0. The number of hydrogen-bond acceptors (Lipinski definition) is 10. The molecule has 0 radical (unpaired) electrons. The van der Waals surface area contributed by atoms with Crippen LogP contribution in [0.4, 0.5) is 17.6 Å². The molecule has 0 saturated carbocycles. The minimum absolute atomic E-state index is 0.0442. The van der Waals surface area contributed by atoms with Crippen molar-refractivity contribution in [2.75, 3.05) is 23.4 Å². The molecule has 1 aliphatic heterocycles. The van der Waals surface area contributed by atoms with Crippen molar-refractivity contribution in [1.82, 2.24) is 29.9 Å². The second-order valence-corrected chi connectivity index (χ2v) is 11.7. The highest BCUT2D eigenvalue weighted by Gasteiger charge is 2.47. The molecular formula is C31H38N8O3. The third kappa shape index (κ3) is 5.91. The summed E-state index contributed by atoms with van der Waals surface area (Å²) in [4.78, 5) is 17.7. The second-order valence-electron chi connectivity index (χ2n) is 11.7. The van der Waals surface area contributed by atoms with Crippen LogP contribution in [-0.2, 0) is 4.74 Å². The quantitative estimate of drug-likeness (QED) is 0.182. The number of piperidine rings is 1. The van der Waals surface area contributed by atoms with Crippen LogP contribution in [0.1, 0.15) is 46.1 Å². The van der Waals surface area contributed by atoms with E-state index in [2.05, 4.69) is 66.3 Å². The average Bonchev–Trinajstić information content (AvgIpc) is 3.35. The van der Waals surface area contributed by atoms with Gasteiger partial charge in [0.25, 0.3) is 0 Å². The van der Waals surface area contributed by atoms with E-state index in [0.717, 1.165) is 29.4 Å². The minimum Gasteiger partial charge on any atom is -0.504 e. The molecule has 220 valence electrons. The fourth-order valence-corrected chi connectivity index (χ4v) is 5.85. The Morgan fingerprint density at radius 1 is 0.976 bits per heavy atom. The minimum atomic E-state index is -0.353. The van der Waals surface area contributed by atoms with E-state index in [1.807, 2.05) is 43.3 Å². The smallest absolute Gasteiger partial charge is 0.323 e. The van der Waals surface area contributed by atoms with Gasteiger partial charge in [0.2, 0.25) is 11.9 Å². The number of nitrogens with zero attached hydrogens (tertiary/aromatic N) is 7. The van der Waals surface area contributed by atoms with Crippen molar-refractivity contribution >= 4 is 28.6 Å². The molecule has 2 aromatic heterocycles. The number of aromatic hydroxyl groups is 1. The summed E-state index contributed by atoms with van der Waals surface area (Å²) >= 11 is 0. The molecule has 11 heteroatoms. The van der Waals surface area contributed by atoms with Gasteiger partial charge in [-0.05, 0) is 77.3 Å². The number of phenolic OH excluding ortho intramolecular Hbond substituents is 1. The van der Waals surface area contributed by atoms with Gasteiger partial charge in [0.05, 0.1) is 18.4 Å². The molecule has 2 aromatic carbocycles. The lowest BCUT2D eigenvalue weighted by atomic mass is 9.78. The van der Waals surface area contributed by atoms with E-state index < -0.39 is 0 Å². The Morgan fingerprint density at radius 3 is 2.24 bits per heavy atom. The van der Waals surface area contributed by atoms with Crippen molar-refractivity contribution in [2.45, 2.75) is 64.6 Å². The van der Waals surface area contributed by atoms with Gasteiger partial charge in [0.15, 0.2) is 5.75 Å². The summed E-state index contributed by atoms with van der Waals surface area (Å²) in [6, 6.07) is 11.3. The summed E-state index contributed by atoms with van der Waals surface area (Å²) in [5.41, 5.74) is 2.45. The lowest BCUT2D eigenvalue weighted by Gasteiger charge is -2.55. The highest BCUT2D eigenvalue weighted by Crippen LogP contribution is 2.42. The molecule has 0 aliphatic carbocycles. The fourth-order valence-electron chi connectivity index (χ4n) is 5.85. The predicted octanol–water partition coefficient (Wildman–Crippen LogP) is 5.66. The SMILES string of the molecule is C=CCOc1nc(Nc2cc(C)cc(-n3nc4ccccc4n3)c2O)nc(N2C(C)(C)CC(OCC=C)CC2(C)C)n1. The van der Waals surface area contributed by atoms with Gasteiger partial charge in [-0.25, -0.2) is 0 Å². The monoisotopic (exact) mass is 570 g/mol. The van der Waals surface area contributed by atoms with E-state index in [-0.39, 0.29) is 41.5 Å². The molecule has 5 rings (SSSR count). The summed E-state index contributed by atoms with van der Waals surface area (Å²) in [6.07, 6.45) is 5.02. The zero-order valence-electron chi connectivity index (χ0n) is 24.8. The highest BCUT2D eigenvalue weighted by molar-refractivity contribution is 5.75. The number of ether oxygens (including phenoxy) is 2. The van der Waals surface area contributed by atoms with Gasteiger partial charge in [0.1, 0.15) is 23.3 Å². The number of benzene rings is 2. The first-order valence-corrected chi connectivity index (χ1v) is 14.0. The summed E-state index contributed by atoms with van der Waals surface area (Å²) in [5.74, 6) is 0.634. The van der Waals surface area contributed by atoms with Gasteiger partial charge in [-0.15, -0.1) is 21.6 Å². The van der Waals surface area contributed by atoms with Crippen LogP contribution in [0.15, 0.2) is 61.7 Å². The van der Waals surface area contributed by atoms with Crippen LogP contribution in [0.2, 0.25) is 0 Å². The Balaban J connectivity index is 1.53. The maximum absolute atomic E-state index is 11.3.